The number of benzene rings is 2. The second-order valence-corrected chi connectivity index (χ2v) is 5.50. The lowest BCUT2D eigenvalue weighted by Gasteiger charge is -2.13. The van der Waals surface area contributed by atoms with Crippen molar-refractivity contribution < 1.29 is 31.8 Å². The summed E-state index contributed by atoms with van der Waals surface area (Å²) in [7, 11) is 0. The number of amides is 1. The Bertz CT molecular complexity index is 827. The fourth-order valence-electron chi connectivity index (χ4n) is 2.40. The molecule has 0 aliphatic heterocycles. The van der Waals surface area contributed by atoms with Gasteiger partial charge in [0.15, 0.2) is 34.8 Å². The van der Waals surface area contributed by atoms with Crippen LogP contribution in [0.15, 0.2) is 24.3 Å². The molecule has 0 aliphatic carbocycles. The molecule has 2 rings (SSSR count). The molecule has 2 aromatic carbocycles. The molecule has 0 aliphatic rings. The van der Waals surface area contributed by atoms with Crippen LogP contribution < -0.4 is 14.8 Å². The molecule has 0 bridgehead atoms. The van der Waals surface area contributed by atoms with Gasteiger partial charge in [0.25, 0.3) is 5.91 Å². The topological polar surface area (TPSA) is 47.6 Å². The van der Waals surface area contributed by atoms with E-state index < -0.39 is 34.7 Å². The van der Waals surface area contributed by atoms with Crippen molar-refractivity contribution in [3.63, 3.8) is 0 Å². The maximum absolute atomic E-state index is 13.6. The molecule has 0 spiro atoms. The smallest absolute Gasteiger partial charge is 0.254 e. The predicted molar refractivity (Wildman–Crippen MR) is 91.1 cm³/mol. The van der Waals surface area contributed by atoms with Gasteiger partial charge in [-0.2, -0.15) is 0 Å². The van der Waals surface area contributed by atoms with E-state index in [0.29, 0.717) is 37.2 Å². The number of carbonyl (C=O) groups is 1. The molecule has 0 heterocycles. The van der Waals surface area contributed by atoms with Gasteiger partial charge in [0, 0.05) is 6.54 Å². The van der Waals surface area contributed by atoms with Gasteiger partial charge in [-0.3, -0.25) is 4.79 Å². The molecule has 0 unspecified atom stereocenters. The number of hydrogen-bond acceptors (Lipinski definition) is 3. The molecule has 4 nitrogen and oxygen atoms in total. The van der Waals surface area contributed by atoms with Crippen molar-refractivity contribution in [2.45, 2.75) is 20.3 Å². The highest BCUT2D eigenvalue weighted by Crippen LogP contribution is 2.28. The van der Waals surface area contributed by atoms with Gasteiger partial charge in [0.1, 0.15) is 0 Å². The predicted octanol–water partition coefficient (Wildman–Crippen LogP) is 4.01. The van der Waals surface area contributed by atoms with Crippen molar-refractivity contribution in [2.75, 3.05) is 19.8 Å². The quantitative estimate of drug-likeness (QED) is 0.424. The zero-order valence-electron chi connectivity index (χ0n) is 14.9. The first-order chi connectivity index (χ1) is 12.9. The maximum Gasteiger partial charge on any atom is 0.254 e. The van der Waals surface area contributed by atoms with Crippen LogP contribution in [0.25, 0.3) is 0 Å². The Labute approximate surface area is 154 Å². The first-order valence-corrected chi connectivity index (χ1v) is 8.38. The number of halogens is 4. The van der Waals surface area contributed by atoms with E-state index in [0.717, 1.165) is 5.56 Å². The van der Waals surface area contributed by atoms with Crippen LogP contribution in [0.3, 0.4) is 0 Å². The minimum absolute atomic E-state index is 0.0679. The Kier molecular flexibility index (Phi) is 7.04. The Balaban J connectivity index is 2.04. The molecule has 0 aromatic heterocycles. The minimum Gasteiger partial charge on any atom is -0.490 e. The monoisotopic (exact) mass is 385 g/mol. The first kappa shape index (κ1) is 20.5. The summed E-state index contributed by atoms with van der Waals surface area (Å²) in [5, 5.41) is 2.35. The van der Waals surface area contributed by atoms with E-state index >= 15 is 0 Å². The van der Waals surface area contributed by atoms with Crippen molar-refractivity contribution in [1.82, 2.24) is 5.32 Å². The zero-order chi connectivity index (χ0) is 20.0. The second-order valence-electron chi connectivity index (χ2n) is 5.50. The van der Waals surface area contributed by atoms with Crippen molar-refractivity contribution in [3.05, 3.63) is 58.7 Å². The van der Waals surface area contributed by atoms with Crippen molar-refractivity contribution >= 4 is 5.91 Å². The standard InChI is InChI=1S/C19H19F4NO3/c1-3-26-14-6-5-11(9-15(14)27-4-2)7-8-24-19(25)12-10-13(20)17(22)18(23)16(12)21/h5-6,9-10H,3-4,7-8H2,1-2H3,(H,24,25). The molecular formula is C19H19F4NO3. The van der Waals surface area contributed by atoms with E-state index in [1.807, 2.05) is 13.8 Å². The minimum atomic E-state index is -2.02. The normalized spacial score (nSPS) is 10.6. The Morgan fingerprint density at radius 2 is 1.59 bits per heavy atom. The van der Waals surface area contributed by atoms with E-state index in [2.05, 4.69) is 5.32 Å². The highest BCUT2D eigenvalue weighted by Gasteiger charge is 2.22. The number of hydrogen-bond donors (Lipinski definition) is 1. The molecule has 0 radical (unpaired) electrons. The van der Waals surface area contributed by atoms with Crippen molar-refractivity contribution in [2.24, 2.45) is 0 Å². The summed E-state index contributed by atoms with van der Waals surface area (Å²) in [6.45, 7) is 4.67. The van der Waals surface area contributed by atoms with Gasteiger partial charge in [0.2, 0.25) is 0 Å². The fraction of sp³-hybridized carbons (Fsp3) is 0.316. The summed E-state index contributed by atoms with van der Waals surface area (Å²) < 4.78 is 63.9. The number of rotatable bonds is 8. The van der Waals surface area contributed by atoms with Gasteiger partial charge < -0.3 is 14.8 Å². The van der Waals surface area contributed by atoms with Gasteiger partial charge in [-0.25, -0.2) is 17.6 Å². The van der Waals surface area contributed by atoms with Crippen LogP contribution in [0.1, 0.15) is 29.8 Å². The summed E-state index contributed by atoms with van der Waals surface area (Å²) in [6.07, 6.45) is 0.353. The molecular weight excluding hydrogens is 366 g/mol. The van der Waals surface area contributed by atoms with Gasteiger partial charge in [-0.05, 0) is 44.0 Å². The van der Waals surface area contributed by atoms with E-state index in [9.17, 15) is 22.4 Å². The van der Waals surface area contributed by atoms with Crippen LogP contribution in [0, 0.1) is 23.3 Å². The van der Waals surface area contributed by atoms with E-state index in [1.165, 1.54) is 0 Å². The Morgan fingerprint density at radius 3 is 2.26 bits per heavy atom. The van der Waals surface area contributed by atoms with E-state index in [4.69, 9.17) is 9.47 Å². The molecule has 0 saturated carbocycles. The van der Waals surface area contributed by atoms with Crippen LogP contribution in [0.4, 0.5) is 17.6 Å². The van der Waals surface area contributed by atoms with Gasteiger partial charge in [0.05, 0.1) is 18.8 Å². The molecule has 1 N–H and O–H groups in total. The van der Waals surface area contributed by atoms with Crippen LogP contribution in [0.5, 0.6) is 11.5 Å². The number of ether oxygens (including phenoxy) is 2. The summed E-state index contributed by atoms with van der Waals surface area (Å²) in [6, 6.07) is 5.58. The lowest BCUT2D eigenvalue weighted by atomic mass is 10.1. The van der Waals surface area contributed by atoms with Gasteiger partial charge in [-0.1, -0.05) is 6.07 Å². The third kappa shape index (κ3) is 4.90. The highest BCUT2D eigenvalue weighted by atomic mass is 19.2. The van der Waals surface area contributed by atoms with Crippen LogP contribution in [-0.4, -0.2) is 25.7 Å². The average molecular weight is 385 g/mol. The zero-order valence-corrected chi connectivity index (χ0v) is 14.9. The second kappa shape index (κ2) is 9.25. The van der Waals surface area contributed by atoms with Crippen molar-refractivity contribution in [3.8, 4) is 11.5 Å². The van der Waals surface area contributed by atoms with Crippen LogP contribution >= 0.6 is 0 Å². The van der Waals surface area contributed by atoms with Crippen LogP contribution in [0.2, 0.25) is 0 Å². The first-order valence-electron chi connectivity index (χ1n) is 8.38. The van der Waals surface area contributed by atoms with Crippen LogP contribution in [-0.2, 0) is 6.42 Å². The SMILES string of the molecule is CCOc1ccc(CCNC(=O)c2cc(F)c(F)c(F)c2F)cc1OCC. The Hall–Kier alpha value is -2.77. The third-order valence-corrected chi connectivity index (χ3v) is 3.65. The Morgan fingerprint density at radius 1 is 0.926 bits per heavy atom. The number of carbonyl (C=O) groups excluding carboxylic acids is 1. The number of nitrogens with one attached hydrogen (secondary N) is 1. The summed E-state index contributed by atoms with van der Waals surface area (Å²) in [4.78, 5) is 11.9. The molecule has 0 fully saturated rings. The molecule has 1 amide bonds. The lowest BCUT2D eigenvalue weighted by molar-refractivity contribution is 0.0948. The molecule has 146 valence electrons. The highest BCUT2D eigenvalue weighted by molar-refractivity contribution is 5.94. The van der Waals surface area contributed by atoms with Gasteiger partial charge >= 0.3 is 0 Å². The summed E-state index contributed by atoms with van der Waals surface area (Å²) >= 11 is 0. The van der Waals surface area contributed by atoms with E-state index in [1.54, 1.807) is 18.2 Å². The maximum atomic E-state index is 13.6. The summed E-state index contributed by atoms with van der Waals surface area (Å²) in [5.74, 6) is -7.24. The van der Waals surface area contributed by atoms with Gasteiger partial charge in [-0.15, -0.1) is 0 Å². The third-order valence-electron chi connectivity index (χ3n) is 3.65. The fourth-order valence-corrected chi connectivity index (χ4v) is 2.40. The molecule has 0 atom stereocenters. The molecule has 27 heavy (non-hydrogen) atoms. The summed E-state index contributed by atoms with van der Waals surface area (Å²) in [5.41, 5.74) is -0.0905. The largest absolute Gasteiger partial charge is 0.490 e. The molecule has 2 aromatic rings. The lowest BCUT2D eigenvalue weighted by Crippen LogP contribution is -2.27. The van der Waals surface area contributed by atoms with E-state index in [-0.39, 0.29) is 6.54 Å². The average Bonchev–Trinajstić information content (AvgIpc) is 2.65. The van der Waals surface area contributed by atoms with Crippen molar-refractivity contribution in [1.29, 1.82) is 0 Å². The molecule has 0 saturated heterocycles. The molecule has 8 heteroatoms.